The summed E-state index contributed by atoms with van der Waals surface area (Å²) >= 11 is 5.80. The van der Waals surface area contributed by atoms with Gasteiger partial charge in [0.25, 0.3) is 0 Å². The number of imidazole rings is 1. The molecule has 1 unspecified atom stereocenters. The van der Waals surface area contributed by atoms with Gasteiger partial charge >= 0.3 is 12.0 Å². The summed E-state index contributed by atoms with van der Waals surface area (Å²) < 4.78 is 0. The summed E-state index contributed by atoms with van der Waals surface area (Å²) in [7, 11) is 0. The minimum absolute atomic E-state index is 0.109. The first-order chi connectivity index (χ1) is 10.0. The summed E-state index contributed by atoms with van der Waals surface area (Å²) in [5.41, 5.74) is 1.09. The van der Waals surface area contributed by atoms with Crippen LogP contribution in [0.1, 0.15) is 5.69 Å². The van der Waals surface area contributed by atoms with E-state index in [4.69, 9.17) is 16.7 Å². The quantitative estimate of drug-likeness (QED) is 0.676. The van der Waals surface area contributed by atoms with Crippen LogP contribution in [0, 0.1) is 0 Å². The molecule has 4 N–H and O–H groups in total. The number of aromatic nitrogens is 2. The van der Waals surface area contributed by atoms with Gasteiger partial charge in [-0.05, 0) is 18.2 Å². The number of nitrogens with zero attached hydrogens (tertiary/aromatic N) is 1. The topological polar surface area (TPSA) is 107 Å². The van der Waals surface area contributed by atoms with E-state index < -0.39 is 18.0 Å². The first-order valence-electron chi connectivity index (χ1n) is 6.08. The smallest absolute Gasteiger partial charge is 0.326 e. The molecule has 0 aliphatic heterocycles. The lowest BCUT2D eigenvalue weighted by Crippen LogP contribution is -2.44. The lowest BCUT2D eigenvalue weighted by molar-refractivity contribution is -0.139. The standard InChI is InChI=1S/C13H13ClN4O3/c14-8-2-1-3-9(4-8)17-13(21)18-11(12(19)20)5-10-6-15-7-16-10/h1-4,6-7,11H,5H2,(H,15,16)(H,19,20)(H2,17,18,21). The second-order valence-corrected chi connectivity index (χ2v) is 4.72. The van der Waals surface area contributed by atoms with Gasteiger partial charge in [-0.2, -0.15) is 0 Å². The molecule has 1 aromatic carbocycles. The van der Waals surface area contributed by atoms with Gasteiger partial charge in [0.1, 0.15) is 6.04 Å². The van der Waals surface area contributed by atoms with E-state index in [-0.39, 0.29) is 6.42 Å². The maximum Gasteiger partial charge on any atom is 0.326 e. The van der Waals surface area contributed by atoms with Crippen LogP contribution in [0.4, 0.5) is 10.5 Å². The Balaban J connectivity index is 1.96. The molecular formula is C13H13ClN4O3. The molecule has 2 rings (SSSR count). The molecule has 0 radical (unpaired) electrons. The lowest BCUT2D eigenvalue weighted by Gasteiger charge is -2.14. The molecule has 21 heavy (non-hydrogen) atoms. The molecule has 2 aromatic rings. The van der Waals surface area contributed by atoms with Crippen LogP contribution in [-0.2, 0) is 11.2 Å². The summed E-state index contributed by atoms with van der Waals surface area (Å²) in [6, 6.07) is 4.87. The number of H-pyrrole nitrogens is 1. The fourth-order valence-corrected chi connectivity index (χ4v) is 1.90. The normalized spacial score (nSPS) is 11.7. The predicted molar refractivity (Wildman–Crippen MR) is 77.3 cm³/mol. The average molecular weight is 309 g/mol. The molecule has 2 amide bonds. The van der Waals surface area contributed by atoms with E-state index in [0.29, 0.717) is 16.4 Å². The number of amides is 2. The third-order valence-electron chi connectivity index (χ3n) is 2.66. The molecule has 0 aliphatic rings. The summed E-state index contributed by atoms with van der Waals surface area (Å²) in [6.07, 6.45) is 3.06. The minimum atomic E-state index is -1.13. The van der Waals surface area contributed by atoms with E-state index in [0.717, 1.165) is 0 Å². The molecule has 0 bridgehead atoms. The average Bonchev–Trinajstić information content (AvgIpc) is 2.90. The van der Waals surface area contributed by atoms with Crippen LogP contribution in [0.2, 0.25) is 5.02 Å². The van der Waals surface area contributed by atoms with Crippen molar-refractivity contribution in [1.29, 1.82) is 0 Å². The Kier molecular flexibility index (Phi) is 4.78. The van der Waals surface area contributed by atoms with Crippen LogP contribution in [0.15, 0.2) is 36.8 Å². The number of carbonyl (C=O) groups excluding carboxylic acids is 1. The number of carboxylic acids is 1. The number of halogens is 1. The minimum Gasteiger partial charge on any atom is -0.480 e. The summed E-state index contributed by atoms with van der Waals surface area (Å²) in [5.74, 6) is -1.13. The molecule has 1 aromatic heterocycles. The van der Waals surface area contributed by atoms with Crippen LogP contribution >= 0.6 is 11.6 Å². The zero-order chi connectivity index (χ0) is 15.2. The number of benzene rings is 1. The van der Waals surface area contributed by atoms with Gasteiger partial charge in [0.15, 0.2) is 0 Å². The molecule has 8 heteroatoms. The molecule has 1 heterocycles. The monoisotopic (exact) mass is 308 g/mol. The summed E-state index contributed by atoms with van der Waals surface area (Å²) in [5, 5.41) is 14.5. The predicted octanol–water partition coefficient (Wildman–Crippen LogP) is 1.88. The molecule has 0 saturated heterocycles. The molecule has 7 nitrogen and oxygen atoms in total. The fraction of sp³-hybridized carbons (Fsp3) is 0.154. The fourth-order valence-electron chi connectivity index (χ4n) is 1.71. The van der Waals surface area contributed by atoms with Crippen molar-refractivity contribution in [3.63, 3.8) is 0 Å². The van der Waals surface area contributed by atoms with E-state index >= 15 is 0 Å². The summed E-state index contributed by atoms with van der Waals surface area (Å²) in [6.45, 7) is 0. The van der Waals surface area contributed by atoms with Gasteiger partial charge in [0.2, 0.25) is 0 Å². The van der Waals surface area contributed by atoms with E-state index in [1.165, 1.54) is 12.5 Å². The molecule has 0 spiro atoms. The van der Waals surface area contributed by atoms with Crippen molar-refractivity contribution < 1.29 is 14.7 Å². The SMILES string of the molecule is O=C(Nc1cccc(Cl)c1)NC(Cc1cnc[nH]1)C(=O)O. The Morgan fingerprint density at radius 2 is 2.24 bits per heavy atom. The van der Waals surface area contributed by atoms with E-state index in [1.807, 2.05) is 0 Å². The third kappa shape index (κ3) is 4.50. The highest BCUT2D eigenvalue weighted by Crippen LogP contribution is 2.14. The number of aromatic amines is 1. The summed E-state index contributed by atoms with van der Waals surface area (Å²) in [4.78, 5) is 29.6. The molecular weight excluding hydrogens is 296 g/mol. The second kappa shape index (κ2) is 6.76. The maximum atomic E-state index is 11.8. The number of carboxylic acid groups (broad SMARTS) is 1. The third-order valence-corrected chi connectivity index (χ3v) is 2.90. The first-order valence-corrected chi connectivity index (χ1v) is 6.45. The number of nitrogens with one attached hydrogen (secondary N) is 3. The highest BCUT2D eigenvalue weighted by Gasteiger charge is 2.21. The van der Waals surface area contributed by atoms with Gasteiger partial charge < -0.3 is 20.7 Å². The Morgan fingerprint density at radius 1 is 1.43 bits per heavy atom. The van der Waals surface area contributed by atoms with E-state index in [1.54, 1.807) is 24.3 Å². The zero-order valence-electron chi connectivity index (χ0n) is 10.8. The molecule has 0 aliphatic carbocycles. The van der Waals surface area contributed by atoms with Crippen molar-refractivity contribution in [3.05, 3.63) is 47.5 Å². The van der Waals surface area contributed by atoms with Crippen LogP contribution in [0.3, 0.4) is 0 Å². The van der Waals surface area contributed by atoms with Gasteiger partial charge in [-0.25, -0.2) is 14.6 Å². The largest absolute Gasteiger partial charge is 0.480 e. The van der Waals surface area contributed by atoms with Crippen molar-refractivity contribution in [2.45, 2.75) is 12.5 Å². The molecule has 0 saturated carbocycles. The zero-order valence-corrected chi connectivity index (χ0v) is 11.6. The number of rotatable bonds is 5. The number of hydrogen-bond acceptors (Lipinski definition) is 3. The van der Waals surface area contributed by atoms with Gasteiger partial charge in [0, 0.05) is 29.0 Å². The van der Waals surface area contributed by atoms with Crippen LogP contribution in [-0.4, -0.2) is 33.1 Å². The van der Waals surface area contributed by atoms with Crippen LogP contribution in [0.25, 0.3) is 0 Å². The first kappa shape index (κ1) is 14.9. The van der Waals surface area contributed by atoms with Gasteiger partial charge in [-0.3, -0.25) is 0 Å². The van der Waals surface area contributed by atoms with Crippen molar-refractivity contribution in [1.82, 2.24) is 15.3 Å². The Morgan fingerprint density at radius 3 is 2.86 bits per heavy atom. The van der Waals surface area contributed by atoms with Gasteiger partial charge in [0.05, 0.1) is 6.33 Å². The van der Waals surface area contributed by atoms with Crippen molar-refractivity contribution in [3.8, 4) is 0 Å². The Labute approximate surface area is 125 Å². The van der Waals surface area contributed by atoms with E-state index in [9.17, 15) is 9.59 Å². The number of carbonyl (C=O) groups is 2. The van der Waals surface area contributed by atoms with Crippen LogP contribution < -0.4 is 10.6 Å². The highest BCUT2D eigenvalue weighted by molar-refractivity contribution is 6.30. The second-order valence-electron chi connectivity index (χ2n) is 4.28. The highest BCUT2D eigenvalue weighted by atomic mass is 35.5. The lowest BCUT2D eigenvalue weighted by atomic mass is 10.2. The Hall–Kier alpha value is -2.54. The van der Waals surface area contributed by atoms with E-state index in [2.05, 4.69) is 20.6 Å². The Bertz CT molecular complexity index is 630. The number of anilines is 1. The van der Waals surface area contributed by atoms with Crippen molar-refractivity contribution in [2.24, 2.45) is 0 Å². The number of urea groups is 1. The molecule has 0 fully saturated rings. The number of aliphatic carboxylic acids is 1. The van der Waals surface area contributed by atoms with Crippen molar-refractivity contribution in [2.75, 3.05) is 5.32 Å². The molecule has 1 atom stereocenters. The molecule has 110 valence electrons. The maximum absolute atomic E-state index is 11.8. The van der Waals surface area contributed by atoms with Gasteiger partial charge in [-0.15, -0.1) is 0 Å². The number of hydrogen-bond donors (Lipinski definition) is 4. The van der Waals surface area contributed by atoms with Crippen LogP contribution in [0.5, 0.6) is 0 Å². The van der Waals surface area contributed by atoms with Gasteiger partial charge in [-0.1, -0.05) is 17.7 Å². The van der Waals surface area contributed by atoms with Crippen molar-refractivity contribution >= 4 is 29.3 Å².